The van der Waals surface area contributed by atoms with Gasteiger partial charge in [-0.3, -0.25) is 9.69 Å². The number of para-hydroxylation sites is 1. The summed E-state index contributed by atoms with van der Waals surface area (Å²) in [6.45, 7) is 5.15. The lowest BCUT2D eigenvalue weighted by Crippen LogP contribution is -2.37. The molecule has 3 N–H and O–H groups in total. The maximum atomic E-state index is 10.9. The number of hydrogen-bond donors (Lipinski definition) is 2. The van der Waals surface area contributed by atoms with E-state index in [-0.39, 0.29) is 6.42 Å². The van der Waals surface area contributed by atoms with Crippen LogP contribution in [0.15, 0.2) is 24.3 Å². The van der Waals surface area contributed by atoms with Gasteiger partial charge >= 0.3 is 5.97 Å². The Bertz CT molecular complexity index is 475. The molecular formula is C16H24N2O4. The highest BCUT2D eigenvalue weighted by atomic mass is 16.5. The van der Waals surface area contributed by atoms with Crippen LogP contribution in [0.5, 0.6) is 5.75 Å². The highest BCUT2D eigenvalue weighted by molar-refractivity contribution is 5.73. The van der Waals surface area contributed by atoms with Crippen LogP contribution in [-0.4, -0.2) is 61.5 Å². The lowest BCUT2D eigenvalue weighted by molar-refractivity contribution is -0.138. The Labute approximate surface area is 130 Å². The monoisotopic (exact) mass is 308 g/mol. The van der Waals surface area contributed by atoms with Gasteiger partial charge in [-0.15, -0.1) is 0 Å². The van der Waals surface area contributed by atoms with Crippen LogP contribution in [0, 0.1) is 0 Å². The van der Waals surface area contributed by atoms with Crippen molar-refractivity contribution in [1.82, 2.24) is 4.90 Å². The van der Waals surface area contributed by atoms with E-state index >= 15 is 0 Å². The van der Waals surface area contributed by atoms with E-state index in [2.05, 4.69) is 4.90 Å². The molecule has 1 unspecified atom stereocenters. The smallest absolute Gasteiger partial charge is 0.320 e. The number of carboxylic acid groups (broad SMARTS) is 1. The molecule has 1 aliphatic heterocycles. The third-order valence-corrected chi connectivity index (χ3v) is 3.71. The molecule has 0 amide bonds. The van der Waals surface area contributed by atoms with Crippen molar-refractivity contribution >= 4 is 5.97 Å². The Morgan fingerprint density at radius 3 is 2.82 bits per heavy atom. The summed E-state index contributed by atoms with van der Waals surface area (Å²) in [7, 11) is 0. The van der Waals surface area contributed by atoms with Gasteiger partial charge in [-0.2, -0.15) is 0 Å². The molecule has 0 aromatic heterocycles. The highest BCUT2D eigenvalue weighted by Gasteiger charge is 2.15. The zero-order valence-corrected chi connectivity index (χ0v) is 12.7. The molecule has 0 aliphatic carbocycles. The zero-order chi connectivity index (χ0) is 15.8. The number of hydrogen-bond acceptors (Lipinski definition) is 5. The van der Waals surface area contributed by atoms with Crippen molar-refractivity contribution in [3.8, 4) is 5.75 Å². The van der Waals surface area contributed by atoms with Crippen molar-refractivity contribution in [2.75, 3.05) is 39.5 Å². The fourth-order valence-corrected chi connectivity index (χ4v) is 2.43. The van der Waals surface area contributed by atoms with Crippen molar-refractivity contribution in [2.24, 2.45) is 5.73 Å². The Morgan fingerprint density at radius 1 is 1.36 bits per heavy atom. The van der Waals surface area contributed by atoms with Crippen molar-refractivity contribution < 1.29 is 19.4 Å². The molecule has 1 atom stereocenters. The number of morpholine rings is 1. The third kappa shape index (κ3) is 5.29. The van der Waals surface area contributed by atoms with Gasteiger partial charge in [0.05, 0.1) is 19.8 Å². The summed E-state index contributed by atoms with van der Waals surface area (Å²) in [5.41, 5.74) is 6.43. The first kappa shape index (κ1) is 16.7. The van der Waals surface area contributed by atoms with E-state index < -0.39 is 12.0 Å². The first-order valence-corrected chi connectivity index (χ1v) is 7.66. The Hall–Kier alpha value is -1.63. The van der Waals surface area contributed by atoms with E-state index in [1.807, 2.05) is 24.3 Å². The normalized spacial score (nSPS) is 17.1. The summed E-state index contributed by atoms with van der Waals surface area (Å²) >= 11 is 0. The van der Waals surface area contributed by atoms with Gasteiger partial charge in [-0.25, -0.2) is 0 Å². The van der Waals surface area contributed by atoms with Gasteiger partial charge in [0.2, 0.25) is 0 Å². The average Bonchev–Trinajstić information content (AvgIpc) is 2.54. The van der Waals surface area contributed by atoms with Crippen LogP contribution in [0.4, 0.5) is 0 Å². The molecule has 0 spiro atoms. The number of ether oxygens (including phenoxy) is 2. The first-order valence-electron chi connectivity index (χ1n) is 7.66. The van der Waals surface area contributed by atoms with E-state index in [1.54, 1.807) is 0 Å². The van der Waals surface area contributed by atoms with E-state index in [4.69, 9.17) is 20.3 Å². The second-order valence-corrected chi connectivity index (χ2v) is 5.41. The van der Waals surface area contributed by atoms with E-state index in [0.717, 1.165) is 50.6 Å². The quantitative estimate of drug-likeness (QED) is 0.689. The summed E-state index contributed by atoms with van der Waals surface area (Å²) < 4.78 is 11.1. The van der Waals surface area contributed by atoms with E-state index in [9.17, 15) is 4.79 Å². The van der Waals surface area contributed by atoms with Crippen LogP contribution < -0.4 is 10.5 Å². The number of benzene rings is 1. The average molecular weight is 308 g/mol. The second kappa shape index (κ2) is 8.73. The van der Waals surface area contributed by atoms with Crippen molar-refractivity contribution in [3.63, 3.8) is 0 Å². The van der Waals surface area contributed by atoms with Gasteiger partial charge in [-0.1, -0.05) is 18.2 Å². The van der Waals surface area contributed by atoms with Crippen LogP contribution in [0.25, 0.3) is 0 Å². The maximum Gasteiger partial charge on any atom is 0.320 e. The molecule has 2 rings (SSSR count). The molecule has 6 nitrogen and oxygen atoms in total. The summed E-state index contributed by atoms with van der Waals surface area (Å²) in [6.07, 6.45) is 1.20. The Balaban J connectivity index is 1.78. The van der Waals surface area contributed by atoms with Gasteiger partial charge in [0.25, 0.3) is 0 Å². The molecule has 22 heavy (non-hydrogen) atoms. The molecule has 122 valence electrons. The fraction of sp³-hybridized carbons (Fsp3) is 0.562. The minimum Gasteiger partial charge on any atom is -0.493 e. The zero-order valence-electron chi connectivity index (χ0n) is 12.7. The Kier molecular flexibility index (Phi) is 6.64. The molecule has 1 saturated heterocycles. The SMILES string of the molecule is NC(Cc1ccccc1OCCCN1CCOCC1)C(=O)O. The van der Waals surface area contributed by atoms with E-state index in [0.29, 0.717) is 6.61 Å². The molecule has 0 saturated carbocycles. The van der Waals surface area contributed by atoms with Crippen LogP contribution in [0.3, 0.4) is 0 Å². The number of nitrogens with two attached hydrogens (primary N) is 1. The highest BCUT2D eigenvalue weighted by Crippen LogP contribution is 2.19. The van der Waals surface area contributed by atoms with Gasteiger partial charge in [0.1, 0.15) is 11.8 Å². The molecule has 0 bridgehead atoms. The lowest BCUT2D eigenvalue weighted by atomic mass is 10.1. The number of nitrogens with zero attached hydrogens (tertiary/aromatic N) is 1. The molecule has 1 fully saturated rings. The summed E-state index contributed by atoms with van der Waals surface area (Å²) in [6, 6.07) is 6.56. The number of aliphatic carboxylic acids is 1. The number of rotatable bonds is 8. The lowest BCUT2D eigenvalue weighted by Gasteiger charge is -2.26. The second-order valence-electron chi connectivity index (χ2n) is 5.41. The minimum absolute atomic E-state index is 0.273. The first-order chi connectivity index (χ1) is 10.7. The molecule has 6 heteroatoms. The van der Waals surface area contributed by atoms with Gasteiger partial charge in [-0.05, 0) is 18.1 Å². The third-order valence-electron chi connectivity index (χ3n) is 3.71. The van der Waals surface area contributed by atoms with Crippen molar-refractivity contribution in [2.45, 2.75) is 18.9 Å². The van der Waals surface area contributed by atoms with Gasteiger partial charge in [0.15, 0.2) is 0 Å². The van der Waals surface area contributed by atoms with Crippen LogP contribution in [0.1, 0.15) is 12.0 Å². The molecule has 1 aliphatic rings. The summed E-state index contributed by atoms with van der Waals surface area (Å²) in [5.74, 6) is -0.275. The minimum atomic E-state index is -0.998. The molecule has 1 aromatic rings. The molecule has 0 radical (unpaired) electrons. The van der Waals surface area contributed by atoms with Gasteiger partial charge < -0.3 is 20.3 Å². The summed E-state index contributed by atoms with van der Waals surface area (Å²) in [4.78, 5) is 13.2. The Morgan fingerprint density at radius 2 is 2.09 bits per heavy atom. The van der Waals surface area contributed by atoms with E-state index in [1.165, 1.54) is 0 Å². The topological polar surface area (TPSA) is 85.0 Å². The summed E-state index contributed by atoms with van der Waals surface area (Å²) in [5, 5.41) is 8.91. The molecule has 1 aromatic carbocycles. The van der Waals surface area contributed by atoms with Gasteiger partial charge in [0, 0.05) is 26.1 Å². The standard InChI is InChI=1S/C16H24N2O4/c17-14(16(19)20)12-13-4-1-2-5-15(13)22-9-3-6-18-7-10-21-11-8-18/h1-2,4-5,14H,3,6-12,17H2,(H,19,20). The predicted molar refractivity (Wildman–Crippen MR) is 83.1 cm³/mol. The van der Waals surface area contributed by atoms with Crippen molar-refractivity contribution in [1.29, 1.82) is 0 Å². The van der Waals surface area contributed by atoms with Crippen LogP contribution >= 0.6 is 0 Å². The maximum absolute atomic E-state index is 10.9. The number of carboxylic acids is 1. The van der Waals surface area contributed by atoms with Crippen LogP contribution in [-0.2, 0) is 16.0 Å². The van der Waals surface area contributed by atoms with Crippen molar-refractivity contribution in [3.05, 3.63) is 29.8 Å². The molecule has 1 heterocycles. The fourth-order valence-electron chi connectivity index (χ4n) is 2.43. The number of carbonyl (C=O) groups is 1. The van der Waals surface area contributed by atoms with Crippen LogP contribution in [0.2, 0.25) is 0 Å². The largest absolute Gasteiger partial charge is 0.493 e. The molecular weight excluding hydrogens is 284 g/mol. The predicted octanol–water partition coefficient (Wildman–Crippen LogP) is 0.742.